The van der Waals surface area contributed by atoms with Crippen LogP contribution in [0.2, 0.25) is 5.02 Å². The van der Waals surface area contributed by atoms with E-state index in [4.69, 9.17) is 21.4 Å². The maximum Gasteiger partial charge on any atom is 0.265 e. The first kappa shape index (κ1) is 16.0. The number of aliphatic hydroxyl groups excluding tert-OH is 1. The molecule has 1 amide bonds. The average molecular weight is 319 g/mol. The summed E-state index contributed by atoms with van der Waals surface area (Å²) in [4.78, 5) is 10.8. The number of halogens is 1. The van der Waals surface area contributed by atoms with E-state index in [1.165, 1.54) is 6.21 Å². The predicted molar refractivity (Wildman–Crippen MR) is 85.0 cm³/mol. The van der Waals surface area contributed by atoms with Crippen molar-refractivity contribution in [1.82, 2.24) is 5.43 Å². The molecule has 22 heavy (non-hydrogen) atoms. The minimum atomic E-state index is -0.588. The van der Waals surface area contributed by atoms with Crippen molar-refractivity contribution in [3.8, 4) is 5.75 Å². The summed E-state index contributed by atoms with van der Waals surface area (Å²) >= 11 is 5.82. The summed E-state index contributed by atoms with van der Waals surface area (Å²) in [5, 5.41) is 12.9. The smallest absolute Gasteiger partial charge is 0.265 e. The van der Waals surface area contributed by atoms with Gasteiger partial charge in [-0.15, -0.1) is 0 Å². The molecule has 0 radical (unpaired) electrons. The monoisotopic (exact) mass is 318 g/mol. The van der Waals surface area contributed by atoms with E-state index in [-0.39, 0.29) is 0 Å². The number of nitrogens with one attached hydrogen (secondary N) is 1. The Morgan fingerprint density at radius 1 is 1.18 bits per heavy atom. The number of aliphatic hydroxyl groups is 1. The minimum absolute atomic E-state index is 0.456. The molecule has 0 aromatic heterocycles. The van der Waals surface area contributed by atoms with Crippen LogP contribution in [0.1, 0.15) is 11.1 Å². The molecule has 2 N–H and O–H groups in total. The third kappa shape index (κ3) is 5.20. The summed E-state index contributed by atoms with van der Waals surface area (Å²) in [6, 6.07) is 14.7. The number of hydrazone groups is 1. The minimum Gasteiger partial charge on any atom is -0.489 e. The van der Waals surface area contributed by atoms with Gasteiger partial charge in [0, 0.05) is 5.02 Å². The van der Waals surface area contributed by atoms with Crippen LogP contribution in [0.3, 0.4) is 0 Å². The van der Waals surface area contributed by atoms with Gasteiger partial charge in [-0.3, -0.25) is 4.79 Å². The lowest BCUT2D eigenvalue weighted by molar-refractivity contribution is -0.123. The summed E-state index contributed by atoms with van der Waals surface area (Å²) in [5.74, 6) is 0.172. The van der Waals surface area contributed by atoms with Crippen LogP contribution in [0.5, 0.6) is 5.75 Å². The van der Waals surface area contributed by atoms with Crippen molar-refractivity contribution in [1.29, 1.82) is 0 Å². The van der Waals surface area contributed by atoms with Gasteiger partial charge in [0.05, 0.1) is 6.21 Å². The molecule has 0 saturated carbocycles. The molecule has 2 rings (SSSR count). The zero-order valence-corrected chi connectivity index (χ0v) is 12.5. The summed E-state index contributed by atoms with van der Waals surface area (Å²) in [6.45, 7) is -0.133. The lowest BCUT2D eigenvalue weighted by Gasteiger charge is -2.06. The molecule has 5 nitrogen and oxygen atoms in total. The van der Waals surface area contributed by atoms with Gasteiger partial charge in [-0.1, -0.05) is 23.7 Å². The molecule has 0 unspecified atom stereocenters. The third-order valence-corrected chi connectivity index (χ3v) is 3.00. The molecular formula is C16H15ClN2O3. The van der Waals surface area contributed by atoms with E-state index in [1.54, 1.807) is 0 Å². The Hall–Kier alpha value is -2.37. The van der Waals surface area contributed by atoms with Crippen LogP contribution in [0, 0.1) is 0 Å². The van der Waals surface area contributed by atoms with Gasteiger partial charge in [0.15, 0.2) is 0 Å². The quantitative estimate of drug-likeness (QED) is 0.634. The van der Waals surface area contributed by atoms with E-state index in [0.717, 1.165) is 16.9 Å². The van der Waals surface area contributed by atoms with E-state index >= 15 is 0 Å². The first-order chi connectivity index (χ1) is 10.7. The molecular weight excluding hydrogens is 304 g/mol. The fraction of sp³-hybridized carbons (Fsp3) is 0.125. The average Bonchev–Trinajstić information content (AvgIpc) is 2.55. The van der Waals surface area contributed by atoms with Crippen LogP contribution in [-0.2, 0) is 11.4 Å². The first-order valence-corrected chi connectivity index (χ1v) is 6.95. The summed E-state index contributed by atoms with van der Waals surface area (Å²) in [6.07, 6.45) is 1.48. The summed E-state index contributed by atoms with van der Waals surface area (Å²) in [7, 11) is 0. The predicted octanol–water partition coefficient (Wildman–Crippen LogP) is 2.36. The van der Waals surface area contributed by atoms with Gasteiger partial charge in [0.2, 0.25) is 0 Å². The fourth-order valence-corrected chi connectivity index (χ4v) is 1.74. The number of hydrogen-bond donors (Lipinski definition) is 2. The molecule has 114 valence electrons. The molecule has 6 heteroatoms. The van der Waals surface area contributed by atoms with Gasteiger partial charge in [0.25, 0.3) is 5.91 Å². The second kappa shape index (κ2) is 8.17. The van der Waals surface area contributed by atoms with Crippen molar-refractivity contribution in [2.24, 2.45) is 5.10 Å². The molecule has 0 heterocycles. The largest absolute Gasteiger partial charge is 0.489 e. The zero-order chi connectivity index (χ0) is 15.8. The molecule has 2 aromatic rings. The van der Waals surface area contributed by atoms with Gasteiger partial charge in [-0.05, 0) is 47.5 Å². The maximum atomic E-state index is 10.8. The standard InChI is InChI=1S/C16H15ClN2O3/c17-14-5-1-13(2-6-14)11-22-15-7-3-12(4-8-15)9-18-19-16(21)10-20/h1-9,20H,10-11H2,(H,19,21)/b18-9+. The highest BCUT2D eigenvalue weighted by atomic mass is 35.5. The molecule has 0 atom stereocenters. The van der Waals surface area contributed by atoms with E-state index in [2.05, 4.69) is 10.5 Å². The molecule has 0 aliphatic heterocycles. The number of benzene rings is 2. The molecule has 0 aliphatic rings. The van der Waals surface area contributed by atoms with Crippen molar-refractivity contribution in [3.05, 3.63) is 64.7 Å². The Morgan fingerprint density at radius 3 is 2.50 bits per heavy atom. The first-order valence-electron chi connectivity index (χ1n) is 6.57. The van der Waals surface area contributed by atoms with Gasteiger partial charge in [-0.2, -0.15) is 5.10 Å². The van der Waals surface area contributed by atoms with Crippen LogP contribution < -0.4 is 10.2 Å². The maximum absolute atomic E-state index is 10.8. The fourth-order valence-electron chi connectivity index (χ4n) is 1.61. The second-order valence-corrected chi connectivity index (χ2v) is 4.87. The van der Waals surface area contributed by atoms with Crippen LogP contribution in [0.25, 0.3) is 0 Å². The van der Waals surface area contributed by atoms with Crippen LogP contribution in [-0.4, -0.2) is 23.8 Å². The van der Waals surface area contributed by atoms with Gasteiger partial charge < -0.3 is 9.84 Å². The molecule has 2 aromatic carbocycles. The third-order valence-electron chi connectivity index (χ3n) is 2.75. The van der Waals surface area contributed by atoms with E-state index < -0.39 is 12.5 Å². The summed E-state index contributed by atoms with van der Waals surface area (Å²) < 4.78 is 5.66. The number of ether oxygens (including phenoxy) is 1. The van der Waals surface area contributed by atoms with Crippen molar-refractivity contribution in [3.63, 3.8) is 0 Å². The molecule has 0 spiro atoms. The normalized spacial score (nSPS) is 10.6. The molecule has 0 aliphatic carbocycles. The highest BCUT2D eigenvalue weighted by molar-refractivity contribution is 6.30. The zero-order valence-electron chi connectivity index (χ0n) is 11.7. The Balaban J connectivity index is 1.86. The Bertz CT molecular complexity index is 639. The number of carbonyl (C=O) groups is 1. The van der Waals surface area contributed by atoms with Gasteiger partial charge in [-0.25, -0.2) is 5.43 Å². The van der Waals surface area contributed by atoms with Gasteiger partial charge >= 0.3 is 0 Å². The van der Waals surface area contributed by atoms with E-state index in [9.17, 15) is 4.79 Å². The molecule has 0 saturated heterocycles. The number of hydrogen-bond acceptors (Lipinski definition) is 4. The lowest BCUT2D eigenvalue weighted by atomic mass is 10.2. The number of carbonyl (C=O) groups excluding carboxylic acids is 1. The number of nitrogens with zero attached hydrogens (tertiary/aromatic N) is 1. The second-order valence-electron chi connectivity index (χ2n) is 4.44. The van der Waals surface area contributed by atoms with Crippen molar-refractivity contribution in [2.45, 2.75) is 6.61 Å². The lowest BCUT2D eigenvalue weighted by Crippen LogP contribution is -2.20. The van der Waals surface area contributed by atoms with E-state index in [1.807, 2.05) is 48.5 Å². The van der Waals surface area contributed by atoms with Crippen molar-refractivity contribution < 1.29 is 14.6 Å². The molecule has 0 bridgehead atoms. The van der Waals surface area contributed by atoms with Gasteiger partial charge in [0.1, 0.15) is 19.0 Å². The van der Waals surface area contributed by atoms with Crippen molar-refractivity contribution >= 4 is 23.7 Å². The highest BCUT2D eigenvalue weighted by Gasteiger charge is 1.97. The summed E-state index contributed by atoms with van der Waals surface area (Å²) in [5.41, 5.74) is 4.02. The van der Waals surface area contributed by atoms with E-state index in [0.29, 0.717) is 11.6 Å². The molecule has 0 fully saturated rings. The van der Waals surface area contributed by atoms with Crippen LogP contribution >= 0.6 is 11.6 Å². The Kier molecular flexibility index (Phi) is 5.94. The topological polar surface area (TPSA) is 70.9 Å². The SMILES string of the molecule is O=C(CO)N/N=C/c1ccc(OCc2ccc(Cl)cc2)cc1. The van der Waals surface area contributed by atoms with Crippen LogP contribution in [0.15, 0.2) is 53.6 Å². The Morgan fingerprint density at radius 2 is 1.86 bits per heavy atom. The number of rotatable bonds is 6. The van der Waals surface area contributed by atoms with Crippen LogP contribution in [0.4, 0.5) is 0 Å². The van der Waals surface area contributed by atoms with Crippen molar-refractivity contribution in [2.75, 3.05) is 6.61 Å². The highest BCUT2D eigenvalue weighted by Crippen LogP contribution is 2.15. The Labute approximate surface area is 133 Å². The number of amides is 1.